The van der Waals surface area contributed by atoms with Gasteiger partial charge in [0.25, 0.3) is 0 Å². The standard InChI is InChI=1S/C11H12BrCl2NO/c1-2-3-7-10(15)8-9(14)5(12)4-6(13)11(8)16-7/h4,7,10H,2-3,15H2,1H3. The van der Waals surface area contributed by atoms with E-state index in [1.165, 1.54) is 0 Å². The fourth-order valence-corrected chi connectivity index (χ4v) is 3.04. The summed E-state index contributed by atoms with van der Waals surface area (Å²) in [6.07, 6.45) is 1.90. The van der Waals surface area contributed by atoms with Gasteiger partial charge in [0, 0.05) is 10.0 Å². The van der Waals surface area contributed by atoms with Crippen LogP contribution in [0.5, 0.6) is 5.75 Å². The summed E-state index contributed by atoms with van der Waals surface area (Å²) in [5.41, 5.74) is 6.95. The van der Waals surface area contributed by atoms with E-state index in [0.29, 0.717) is 15.8 Å². The van der Waals surface area contributed by atoms with E-state index in [9.17, 15) is 0 Å². The molecule has 0 saturated carbocycles. The summed E-state index contributed by atoms with van der Waals surface area (Å²) >= 11 is 15.7. The third-order valence-corrected chi connectivity index (χ3v) is 4.28. The molecule has 1 aromatic rings. The minimum absolute atomic E-state index is 0.0238. The van der Waals surface area contributed by atoms with E-state index in [1.54, 1.807) is 6.07 Å². The van der Waals surface area contributed by atoms with Crippen molar-refractivity contribution < 1.29 is 4.74 Å². The number of fused-ring (bicyclic) bond motifs is 1. The van der Waals surface area contributed by atoms with Crippen molar-refractivity contribution in [2.45, 2.75) is 31.9 Å². The molecule has 0 radical (unpaired) electrons. The van der Waals surface area contributed by atoms with E-state index >= 15 is 0 Å². The second kappa shape index (κ2) is 4.73. The second-order valence-electron chi connectivity index (χ2n) is 3.87. The van der Waals surface area contributed by atoms with Gasteiger partial charge in [-0.15, -0.1) is 0 Å². The normalized spacial score (nSPS) is 23.1. The highest BCUT2D eigenvalue weighted by atomic mass is 79.9. The molecular weight excluding hydrogens is 313 g/mol. The zero-order valence-corrected chi connectivity index (χ0v) is 11.9. The third-order valence-electron chi connectivity index (χ3n) is 2.74. The number of ether oxygens (including phenoxy) is 1. The van der Waals surface area contributed by atoms with Crippen LogP contribution in [0.1, 0.15) is 31.4 Å². The smallest absolute Gasteiger partial charge is 0.144 e. The Kier molecular flexibility index (Phi) is 3.69. The van der Waals surface area contributed by atoms with Crippen molar-refractivity contribution in [2.24, 2.45) is 5.73 Å². The Balaban J connectivity index is 2.47. The molecule has 0 spiro atoms. The maximum Gasteiger partial charge on any atom is 0.144 e. The molecule has 88 valence electrons. The topological polar surface area (TPSA) is 35.2 Å². The SMILES string of the molecule is CCCC1Oc2c(Cl)cc(Br)c(Cl)c2C1N. The lowest BCUT2D eigenvalue weighted by Crippen LogP contribution is -2.25. The van der Waals surface area contributed by atoms with Crippen LogP contribution in [0.2, 0.25) is 10.0 Å². The van der Waals surface area contributed by atoms with Gasteiger partial charge < -0.3 is 10.5 Å². The Morgan fingerprint density at radius 3 is 2.81 bits per heavy atom. The highest BCUT2D eigenvalue weighted by Gasteiger charge is 2.35. The number of benzene rings is 1. The maximum absolute atomic E-state index is 6.21. The van der Waals surface area contributed by atoms with Crippen LogP contribution < -0.4 is 10.5 Å². The molecule has 2 N–H and O–H groups in total. The van der Waals surface area contributed by atoms with Crippen molar-refractivity contribution in [3.8, 4) is 5.75 Å². The minimum Gasteiger partial charge on any atom is -0.486 e. The quantitative estimate of drug-likeness (QED) is 0.822. The Hall–Kier alpha value is 0.0400. The van der Waals surface area contributed by atoms with Crippen molar-refractivity contribution in [3.63, 3.8) is 0 Å². The first-order valence-electron chi connectivity index (χ1n) is 5.15. The third kappa shape index (κ3) is 1.94. The molecule has 1 heterocycles. The van der Waals surface area contributed by atoms with Crippen molar-refractivity contribution >= 4 is 39.1 Å². The van der Waals surface area contributed by atoms with Gasteiger partial charge in [0.15, 0.2) is 0 Å². The summed E-state index contributed by atoms with van der Waals surface area (Å²) in [4.78, 5) is 0. The molecule has 16 heavy (non-hydrogen) atoms. The van der Waals surface area contributed by atoms with E-state index in [1.807, 2.05) is 0 Å². The monoisotopic (exact) mass is 323 g/mol. The number of rotatable bonds is 2. The Bertz CT molecular complexity index is 425. The summed E-state index contributed by atoms with van der Waals surface area (Å²) in [6.45, 7) is 2.10. The highest BCUT2D eigenvalue weighted by Crippen LogP contribution is 2.48. The van der Waals surface area contributed by atoms with Crippen LogP contribution in [0.15, 0.2) is 10.5 Å². The molecule has 0 aromatic heterocycles. The molecule has 1 aliphatic rings. The zero-order chi connectivity index (χ0) is 11.9. The van der Waals surface area contributed by atoms with Crippen molar-refractivity contribution in [1.82, 2.24) is 0 Å². The van der Waals surface area contributed by atoms with E-state index in [-0.39, 0.29) is 12.1 Å². The van der Waals surface area contributed by atoms with Gasteiger partial charge in [-0.25, -0.2) is 0 Å². The highest BCUT2D eigenvalue weighted by molar-refractivity contribution is 9.10. The Labute approximate surface area is 113 Å². The first-order chi connectivity index (χ1) is 7.56. The molecule has 0 amide bonds. The first kappa shape index (κ1) is 12.5. The molecule has 0 saturated heterocycles. The molecule has 2 rings (SSSR count). The summed E-state index contributed by atoms with van der Waals surface area (Å²) < 4.78 is 6.52. The molecular formula is C11H12BrCl2NO. The molecule has 5 heteroatoms. The maximum atomic E-state index is 6.21. The molecule has 0 fully saturated rings. The summed E-state index contributed by atoms with van der Waals surface area (Å²) in [5, 5.41) is 1.16. The number of hydrogen-bond acceptors (Lipinski definition) is 2. The van der Waals surface area contributed by atoms with E-state index in [0.717, 1.165) is 22.9 Å². The lowest BCUT2D eigenvalue weighted by Gasteiger charge is -2.13. The minimum atomic E-state index is -0.197. The lowest BCUT2D eigenvalue weighted by molar-refractivity contribution is 0.195. The average molecular weight is 325 g/mol. The van der Waals surface area contributed by atoms with Crippen molar-refractivity contribution in [2.75, 3.05) is 0 Å². The first-order valence-corrected chi connectivity index (χ1v) is 6.70. The molecule has 2 unspecified atom stereocenters. The number of halogens is 3. The Morgan fingerprint density at radius 2 is 2.19 bits per heavy atom. The molecule has 1 aliphatic heterocycles. The van der Waals surface area contributed by atoms with Crippen LogP contribution in [0.25, 0.3) is 0 Å². The van der Waals surface area contributed by atoms with Gasteiger partial charge in [-0.05, 0) is 28.4 Å². The zero-order valence-electron chi connectivity index (χ0n) is 8.77. The van der Waals surface area contributed by atoms with Gasteiger partial charge in [0.1, 0.15) is 11.9 Å². The summed E-state index contributed by atoms with van der Waals surface area (Å²) in [6, 6.07) is 1.54. The van der Waals surface area contributed by atoms with Crippen molar-refractivity contribution in [3.05, 3.63) is 26.1 Å². The van der Waals surface area contributed by atoms with Crippen LogP contribution in [0, 0.1) is 0 Å². The van der Waals surface area contributed by atoms with Crippen molar-refractivity contribution in [1.29, 1.82) is 0 Å². The fraction of sp³-hybridized carbons (Fsp3) is 0.455. The largest absolute Gasteiger partial charge is 0.486 e. The average Bonchev–Trinajstić information content (AvgIpc) is 2.55. The molecule has 0 aliphatic carbocycles. The Morgan fingerprint density at radius 1 is 1.50 bits per heavy atom. The van der Waals surface area contributed by atoms with Crippen LogP contribution in [0.4, 0.5) is 0 Å². The van der Waals surface area contributed by atoms with E-state index < -0.39 is 0 Å². The van der Waals surface area contributed by atoms with Gasteiger partial charge in [0.05, 0.1) is 16.1 Å². The molecule has 0 bridgehead atoms. The number of hydrogen-bond donors (Lipinski definition) is 1. The van der Waals surface area contributed by atoms with Gasteiger partial charge in [-0.3, -0.25) is 0 Å². The van der Waals surface area contributed by atoms with Gasteiger partial charge >= 0.3 is 0 Å². The van der Waals surface area contributed by atoms with E-state index in [4.69, 9.17) is 33.7 Å². The van der Waals surface area contributed by atoms with E-state index in [2.05, 4.69) is 22.9 Å². The van der Waals surface area contributed by atoms with Gasteiger partial charge in [-0.2, -0.15) is 0 Å². The second-order valence-corrected chi connectivity index (χ2v) is 5.51. The lowest BCUT2D eigenvalue weighted by atomic mass is 10.0. The fourth-order valence-electron chi connectivity index (χ4n) is 1.95. The van der Waals surface area contributed by atoms with Crippen LogP contribution in [-0.2, 0) is 0 Å². The molecule has 2 atom stereocenters. The summed E-state index contributed by atoms with van der Waals surface area (Å²) in [7, 11) is 0. The number of nitrogens with two attached hydrogens (primary N) is 1. The molecule has 1 aromatic carbocycles. The van der Waals surface area contributed by atoms with Gasteiger partial charge in [0.2, 0.25) is 0 Å². The predicted octanol–water partition coefficient (Wildman–Crippen LogP) is 4.32. The summed E-state index contributed by atoms with van der Waals surface area (Å²) in [5.74, 6) is 0.640. The molecule has 2 nitrogen and oxygen atoms in total. The van der Waals surface area contributed by atoms with Crippen LogP contribution in [-0.4, -0.2) is 6.10 Å². The predicted molar refractivity (Wildman–Crippen MR) is 70.4 cm³/mol. The van der Waals surface area contributed by atoms with Crippen LogP contribution >= 0.6 is 39.1 Å². The van der Waals surface area contributed by atoms with Gasteiger partial charge in [-0.1, -0.05) is 36.5 Å². The van der Waals surface area contributed by atoms with Crippen LogP contribution in [0.3, 0.4) is 0 Å².